The summed E-state index contributed by atoms with van der Waals surface area (Å²) in [7, 11) is 0. The molecule has 2 heteroatoms. The highest BCUT2D eigenvalue weighted by Gasteiger charge is 2.21. The topological polar surface area (TPSA) is 40.5 Å². The van der Waals surface area contributed by atoms with Gasteiger partial charge in [0.1, 0.15) is 0 Å². The van der Waals surface area contributed by atoms with Crippen molar-refractivity contribution in [2.24, 2.45) is 5.92 Å². The number of hydrogen-bond donors (Lipinski definition) is 2. The Kier molecular flexibility index (Phi) is 6.35. The highest BCUT2D eigenvalue weighted by Crippen LogP contribution is 2.23. The Bertz CT molecular complexity index is 119. The van der Waals surface area contributed by atoms with E-state index in [1.165, 1.54) is 0 Å². The fourth-order valence-corrected chi connectivity index (χ4v) is 1.47. The van der Waals surface area contributed by atoms with Crippen LogP contribution in [0.1, 0.15) is 52.9 Å². The fraction of sp³-hybridized carbons (Fsp3) is 1.00. The van der Waals surface area contributed by atoms with Gasteiger partial charge in [-0.2, -0.15) is 0 Å². The van der Waals surface area contributed by atoms with E-state index in [9.17, 15) is 5.11 Å². The van der Waals surface area contributed by atoms with Gasteiger partial charge >= 0.3 is 0 Å². The maximum Gasteiger partial charge on any atom is 0.0642 e. The molecule has 1 unspecified atom stereocenters. The molecule has 0 spiro atoms. The van der Waals surface area contributed by atoms with E-state index in [1.807, 2.05) is 20.8 Å². The van der Waals surface area contributed by atoms with E-state index < -0.39 is 5.60 Å². The molecular formula is C11H24O2. The Hall–Kier alpha value is -0.0800. The molecule has 0 amide bonds. The Morgan fingerprint density at radius 2 is 1.77 bits per heavy atom. The van der Waals surface area contributed by atoms with Gasteiger partial charge in [-0.1, -0.05) is 27.2 Å². The van der Waals surface area contributed by atoms with Crippen molar-refractivity contribution in [1.82, 2.24) is 0 Å². The first-order chi connectivity index (χ1) is 6.08. The molecule has 0 radical (unpaired) electrons. The molecular weight excluding hydrogens is 164 g/mol. The summed E-state index contributed by atoms with van der Waals surface area (Å²) >= 11 is 0. The standard InChI is InChI=1S/C11H24O2/c1-4-11(13,5-2)8-6-7-10(3)9-12/h10,12-13H,4-9H2,1-3H3. The zero-order valence-corrected chi connectivity index (χ0v) is 9.21. The lowest BCUT2D eigenvalue weighted by atomic mass is 9.89. The van der Waals surface area contributed by atoms with E-state index in [4.69, 9.17) is 5.11 Å². The Labute approximate surface area is 82.0 Å². The lowest BCUT2D eigenvalue weighted by molar-refractivity contribution is 0.0197. The summed E-state index contributed by atoms with van der Waals surface area (Å²) in [4.78, 5) is 0. The van der Waals surface area contributed by atoms with Crippen molar-refractivity contribution in [3.05, 3.63) is 0 Å². The molecule has 2 nitrogen and oxygen atoms in total. The van der Waals surface area contributed by atoms with Gasteiger partial charge in [0.15, 0.2) is 0 Å². The summed E-state index contributed by atoms with van der Waals surface area (Å²) in [5, 5.41) is 18.8. The van der Waals surface area contributed by atoms with Crippen molar-refractivity contribution < 1.29 is 10.2 Å². The highest BCUT2D eigenvalue weighted by molar-refractivity contribution is 4.74. The minimum atomic E-state index is -0.463. The molecule has 0 heterocycles. The van der Waals surface area contributed by atoms with Gasteiger partial charge in [-0.25, -0.2) is 0 Å². The first-order valence-electron chi connectivity index (χ1n) is 5.41. The first kappa shape index (κ1) is 12.9. The second kappa shape index (κ2) is 6.39. The Morgan fingerprint density at radius 3 is 2.15 bits per heavy atom. The Balaban J connectivity index is 3.61. The molecule has 0 aliphatic carbocycles. The molecule has 0 saturated carbocycles. The maximum absolute atomic E-state index is 9.95. The van der Waals surface area contributed by atoms with E-state index in [0.29, 0.717) is 5.92 Å². The SMILES string of the molecule is CCC(O)(CC)CCCC(C)CO. The van der Waals surface area contributed by atoms with Crippen LogP contribution < -0.4 is 0 Å². The van der Waals surface area contributed by atoms with Crippen LogP contribution in [0.5, 0.6) is 0 Å². The molecule has 1 atom stereocenters. The summed E-state index contributed by atoms with van der Waals surface area (Å²) in [6.45, 7) is 6.35. The molecule has 0 fully saturated rings. The largest absolute Gasteiger partial charge is 0.396 e. The molecule has 0 aromatic rings. The monoisotopic (exact) mass is 188 g/mol. The van der Waals surface area contributed by atoms with Gasteiger partial charge in [-0.15, -0.1) is 0 Å². The van der Waals surface area contributed by atoms with Crippen molar-refractivity contribution in [2.75, 3.05) is 6.61 Å². The molecule has 0 saturated heterocycles. The zero-order chi connectivity index (χ0) is 10.3. The van der Waals surface area contributed by atoms with Crippen molar-refractivity contribution in [2.45, 2.75) is 58.5 Å². The molecule has 13 heavy (non-hydrogen) atoms. The lowest BCUT2D eigenvalue weighted by Gasteiger charge is -2.25. The van der Waals surface area contributed by atoms with Crippen molar-refractivity contribution >= 4 is 0 Å². The van der Waals surface area contributed by atoms with Crippen LogP contribution in [0.3, 0.4) is 0 Å². The number of hydrogen-bond acceptors (Lipinski definition) is 2. The molecule has 0 aromatic carbocycles. The number of aliphatic hydroxyl groups is 2. The highest BCUT2D eigenvalue weighted by atomic mass is 16.3. The quantitative estimate of drug-likeness (QED) is 0.644. The van der Waals surface area contributed by atoms with Crippen LogP contribution in [0.25, 0.3) is 0 Å². The summed E-state index contributed by atoms with van der Waals surface area (Å²) in [5.41, 5.74) is -0.463. The van der Waals surface area contributed by atoms with Gasteiger partial charge in [0.05, 0.1) is 5.60 Å². The average molecular weight is 188 g/mol. The van der Waals surface area contributed by atoms with Crippen LogP contribution >= 0.6 is 0 Å². The molecule has 0 aliphatic rings. The van der Waals surface area contributed by atoms with Crippen LogP contribution in [0, 0.1) is 5.92 Å². The minimum Gasteiger partial charge on any atom is -0.396 e. The van der Waals surface area contributed by atoms with E-state index in [-0.39, 0.29) is 6.61 Å². The second-order valence-electron chi connectivity index (χ2n) is 4.11. The van der Waals surface area contributed by atoms with Crippen LogP contribution in [0.2, 0.25) is 0 Å². The summed E-state index contributed by atoms with van der Waals surface area (Å²) < 4.78 is 0. The van der Waals surface area contributed by atoms with Gasteiger partial charge in [-0.3, -0.25) is 0 Å². The van der Waals surface area contributed by atoms with Crippen LogP contribution in [-0.2, 0) is 0 Å². The smallest absolute Gasteiger partial charge is 0.0642 e. The maximum atomic E-state index is 9.95. The van der Waals surface area contributed by atoms with Gasteiger partial charge < -0.3 is 10.2 Å². The van der Waals surface area contributed by atoms with Gasteiger partial charge in [-0.05, 0) is 31.6 Å². The number of rotatable bonds is 7. The second-order valence-corrected chi connectivity index (χ2v) is 4.11. The van der Waals surface area contributed by atoms with E-state index in [1.54, 1.807) is 0 Å². The zero-order valence-electron chi connectivity index (χ0n) is 9.21. The predicted molar refractivity (Wildman–Crippen MR) is 55.6 cm³/mol. The normalized spacial score (nSPS) is 14.5. The summed E-state index contributed by atoms with van der Waals surface area (Å²) in [6.07, 6.45) is 4.55. The lowest BCUT2D eigenvalue weighted by Crippen LogP contribution is -2.26. The van der Waals surface area contributed by atoms with Crippen molar-refractivity contribution in [3.8, 4) is 0 Å². The van der Waals surface area contributed by atoms with Crippen molar-refractivity contribution in [1.29, 1.82) is 0 Å². The third-order valence-electron chi connectivity index (χ3n) is 2.97. The molecule has 0 aromatic heterocycles. The molecule has 0 rings (SSSR count). The summed E-state index contributed by atoms with van der Waals surface area (Å²) in [6, 6.07) is 0. The summed E-state index contributed by atoms with van der Waals surface area (Å²) in [5.74, 6) is 0.373. The van der Waals surface area contributed by atoms with E-state index in [0.717, 1.165) is 32.1 Å². The minimum absolute atomic E-state index is 0.261. The molecule has 80 valence electrons. The Morgan fingerprint density at radius 1 is 1.23 bits per heavy atom. The van der Waals surface area contributed by atoms with Crippen LogP contribution in [-0.4, -0.2) is 22.4 Å². The van der Waals surface area contributed by atoms with Crippen LogP contribution in [0.15, 0.2) is 0 Å². The predicted octanol–water partition coefficient (Wildman–Crippen LogP) is 2.34. The molecule has 0 bridgehead atoms. The molecule has 0 aliphatic heterocycles. The molecule has 2 N–H and O–H groups in total. The third-order valence-corrected chi connectivity index (χ3v) is 2.97. The van der Waals surface area contributed by atoms with Gasteiger partial charge in [0.25, 0.3) is 0 Å². The van der Waals surface area contributed by atoms with Gasteiger partial charge in [0.2, 0.25) is 0 Å². The third kappa shape index (κ3) is 5.27. The van der Waals surface area contributed by atoms with E-state index in [2.05, 4.69) is 0 Å². The van der Waals surface area contributed by atoms with Crippen LogP contribution in [0.4, 0.5) is 0 Å². The fourth-order valence-electron chi connectivity index (χ4n) is 1.47. The average Bonchev–Trinajstić information content (AvgIpc) is 2.17. The first-order valence-corrected chi connectivity index (χ1v) is 5.41. The van der Waals surface area contributed by atoms with E-state index >= 15 is 0 Å². The van der Waals surface area contributed by atoms with Crippen molar-refractivity contribution in [3.63, 3.8) is 0 Å². The number of aliphatic hydroxyl groups excluding tert-OH is 1. The van der Waals surface area contributed by atoms with Gasteiger partial charge in [0, 0.05) is 6.61 Å².